The van der Waals surface area contributed by atoms with E-state index in [-0.39, 0.29) is 12.5 Å². The minimum Gasteiger partial charge on any atom is -0.369 e. The Labute approximate surface area is 119 Å². The van der Waals surface area contributed by atoms with Crippen molar-refractivity contribution < 1.29 is 8.78 Å². The molecule has 6 heteroatoms. The first-order valence-corrected chi connectivity index (χ1v) is 6.18. The molecule has 0 aliphatic rings. The number of imidazole rings is 1. The lowest BCUT2D eigenvalue weighted by Crippen LogP contribution is -2.05. The fourth-order valence-corrected chi connectivity index (χ4v) is 2.20. The summed E-state index contributed by atoms with van der Waals surface area (Å²) in [6, 6.07) is 10.7. The number of aromatic nitrogens is 2. The van der Waals surface area contributed by atoms with Crippen molar-refractivity contribution in [3.8, 4) is 6.07 Å². The quantitative estimate of drug-likeness (QED) is 0.786. The number of benzene rings is 2. The van der Waals surface area contributed by atoms with Crippen molar-refractivity contribution in [3.63, 3.8) is 0 Å². The average molecular weight is 284 g/mol. The molecule has 0 spiro atoms. The first kappa shape index (κ1) is 13.1. The lowest BCUT2D eigenvalue weighted by atomic mass is 10.2. The second-order valence-corrected chi connectivity index (χ2v) is 4.62. The van der Waals surface area contributed by atoms with Crippen LogP contribution in [0.4, 0.5) is 14.7 Å². The van der Waals surface area contributed by atoms with Crippen LogP contribution in [0.25, 0.3) is 11.0 Å². The van der Waals surface area contributed by atoms with Gasteiger partial charge in [-0.1, -0.05) is 6.07 Å². The number of hydrogen-bond acceptors (Lipinski definition) is 3. The molecule has 0 aliphatic heterocycles. The third kappa shape index (κ3) is 2.30. The van der Waals surface area contributed by atoms with E-state index in [0.29, 0.717) is 22.2 Å². The van der Waals surface area contributed by atoms with Crippen molar-refractivity contribution in [1.29, 1.82) is 5.26 Å². The average Bonchev–Trinajstić information content (AvgIpc) is 2.78. The molecule has 0 saturated heterocycles. The van der Waals surface area contributed by atoms with Gasteiger partial charge in [0.15, 0.2) is 11.6 Å². The molecule has 104 valence electrons. The van der Waals surface area contributed by atoms with Gasteiger partial charge in [0.05, 0.1) is 29.2 Å². The lowest BCUT2D eigenvalue weighted by molar-refractivity contribution is 0.506. The molecule has 0 amide bonds. The number of anilines is 1. The summed E-state index contributed by atoms with van der Waals surface area (Å²) in [5.74, 6) is -1.55. The maximum Gasteiger partial charge on any atom is 0.201 e. The molecule has 2 aromatic carbocycles. The Kier molecular flexibility index (Phi) is 3.03. The Hall–Kier alpha value is -2.94. The van der Waals surface area contributed by atoms with E-state index in [1.165, 1.54) is 6.07 Å². The molecule has 2 N–H and O–H groups in total. The number of nitrogen functional groups attached to an aromatic ring is 1. The molecule has 0 aliphatic carbocycles. The minimum absolute atomic E-state index is 0.244. The number of halogens is 2. The highest BCUT2D eigenvalue weighted by molar-refractivity contribution is 5.80. The number of nitrogens with zero attached hydrogens (tertiary/aromatic N) is 3. The molecule has 0 radical (unpaired) electrons. The van der Waals surface area contributed by atoms with E-state index in [4.69, 9.17) is 11.0 Å². The van der Waals surface area contributed by atoms with Crippen LogP contribution in [0.1, 0.15) is 11.1 Å². The number of fused-ring (bicyclic) bond motifs is 1. The number of nitriles is 1. The molecule has 0 bridgehead atoms. The van der Waals surface area contributed by atoms with Gasteiger partial charge in [0.1, 0.15) is 0 Å². The number of hydrogen-bond donors (Lipinski definition) is 1. The predicted molar refractivity (Wildman–Crippen MR) is 74.3 cm³/mol. The fraction of sp³-hybridized carbons (Fsp3) is 0.0667. The van der Waals surface area contributed by atoms with Gasteiger partial charge in [-0.25, -0.2) is 13.8 Å². The molecular formula is C15H10F2N4. The summed E-state index contributed by atoms with van der Waals surface area (Å²) in [4.78, 5) is 4.19. The van der Waals surface area contributed by atoms with Gasteiger partial charge in [0.25, 0.3) is 0 Å². The molecule has 3 rings (SSSR count). The molecule has 3 aromatic rings. The van der Waals surface area contributed by atoms with Gasteiger partial charge in [-0.05, 0) is 35.9 Å². The molecule has 0 saturated carbocycles. The van der Waals surface area contributed by atoms with E-state index in [1.54, 1.807) is 22.8 Å². The van der Waals surface area contributed by atoms with Crippen LogP contribution in [0.2, 0.25) is 0 Å². The van der Waals surface area contributed by atoms with Crippen LogP contribution in [0.5, 0.6) is 0 Å². The topological polar surface area (TPSA) is 67.6 Å². The Morgan fingerprint density at radius 3 is 2.67 bits per heavy atom. The molecular weight excluding hydrogens is 274 g/mol. The second kappa shape index (κ2) is 4.87. The van der Waals surface area contributed by atoms with Crippen LogP contribution in [0.3, 0.4) is 0 Å². The van der Waals surface area contributed by atoms with Gasteiger partial charge in [0, 0.05) is 0 Å². The van der Waals surface area contributed by atoms with Gasteiger partial charge in [-0.15, -0.1) is 0 Å². The smallest absolute Gasteiger partial charge is 0.201 e. The van der Waals surface area contributed by atoms with Crippen molar-refractivity contribution in [2.45, 2.75) is 6.54 Å². The van der Waals surface area contributed by atoms with Crippen LogP contribution in [-0.4, -0.2) is 9.55 Å². The summed E-state index contributed by atoms with van der Waals surface area (Å²) < 4.78 is 27.9. The minimum atomic E-state index is -0.909. The summed E-state index contributed by atoms with van der Waals surface area (Å²) in [5, 5.41) is 8.95. The van der Waals surface area contributed by atoms with Crippen LogP contribution in [0.15, 0.2) is 36.4 Å². The van der Waals surface area contributed by atoms with Crippen molar-refractivity contribution in [1.82, 2.24) is 9.55 Å². The molecule has 4 nitrogen and oxygen atoms in total. The third-order valence-electron chi connectivity index (χ3n) is 3.23. The molecule has 0 fully saturated rings. The summed E-state index contributed by atoms with van der Waals surface area (Å²) >= 11 is 0. The highest BCUT2D eigenvalue weighted by Gasteiger charge is 2.10. The van der Waals surface area contributed by atoms with Crippen LogP contribution >= 0.6 is 0 Å². The van der Waals surface area contributed by atoms with Crippen LogP contribution < -0.4 is 5.73 Å². The fourth-order valence-electron chi connectivity index (χ4n) is 2.20. The van der Waals surface area contributed by atoms with Gasteiger partial charge < -0.3 is 10.3 Å². The highest BCUT2D eigenvalue weighted by atomic mass is 19.2. The standard InChI is InChI=1S/C15H10F2N4/c16-11-3-1-10(5-12(11)17)8-21-14-6-9(7-18)2-4-13(14)20-15(21)19/h1-6H,8H2,(H2,19,20). The largest absolute Gasteiger partial charge is 0.369 e. The van der Waals surface area contributed by atoms with E-state index >= 15 is 0 Å². The van der Waals surface area contributed by atoms with Crippen molar-refractivity contribution in [2.75, 3.05) is 5.73 Å². The summed E-state index contributed by atoms with van der Waals surface area (Å²) in [6.45, 7) is 0.244. The molecule has 1 heterocycles. The van der Waals surface area contributed by atoms with Gasteiger partial charge in [-0.3, -0.25) is 0 Å². The van der Waals surface area contributed by atoms with Gasteiger partial charge in [0.2, 0.25) is 5.95 Å². The zero-order valence-electron chi connectivity index (χ0n) is 10.8. The van der Waals surface area contributed by atoms with Crippen LogP contribution in [-0.2, 0) is 6.54 Å². The third-order valence-corrected chi connectivity index (χ3v) is 3.23. The van der Waals surface area contributed by atoms with E-state index in [2.05, 4.69) is 4.98 Å². The Bertz CT molecular complexity index is 877. The monoisotopic (exact) mass is 284 g/mol. The molecule has 0 atom stereocenters. The van der Waals surface area contributed by atoms with Crippen molar-refractivity contribution >= 4 is 17.0 Å². The zero-order chi connectivity index (χ0) is 15.0. The SMILES string of the molecule is N#Cc1ccc2nc(N)n(Cc3ccc(F)c(F)c3)c2c1. The summed E-state index contributed by atoms with van der Waals surface area (Å²) in [5.41, 5.74) is 8.22. The Morgan fingerprint density at radius 1 is 1.14 bits per heavy atom. The lowest BCUT2D eigenvalue weighted by Gasteiger charge is -2.07. The van der Waals surface area contributed by atoms with Gasteiger partial charge >= 0.3 is 0 Å². The second-order valence-electron chi connectivity index (χ2n) is 4.62. The zero-order valence-corrected chi connectivity index (χ0v) is 10.8. The maximum absolute atomic E-state index is 13.3. The predicted octanol–water partition coefficient (Wildman–Crippen LogP) is 2.82. The van der Waals surface area contributed by atoms with E-state index < -0.39 is 11.6 Å². The highest BCUT2D eigenvalue weighted by Crippen LogP contribution is 2.21. The molecule has 0 unspecified atom stereocenters. The summed E-state index contributed by atoms with van der Waals surface area (Å²) in [6.07, 6.45) is 0. The van der Waals surface area contributed by atoms with E-state index in [9.17, 15) is 8.78 Å². The maximum atomic E-state index is 13.3. The first-order valence-electron chi connectivity index (χ1n) is 6.18. The van der Waals surface area contributed by atoms with Gasteiger partial charge in [-0.2, -0.15) is 5.26 Å². The molecule has 1 aromatic heterocycles. The first-order chi connectivity index (χ1) is 10.1. The van der Waals surface area contributed by atoms with E-state index in [1.807, 2.05) is 6.07 Å². The van der Waals surface area contributed by atoms with Crippen LogP contribution in [0, 0.1) is 23.0 Å². The Balaban J connectivity index is 2.09. The molecule has 21 heavy (non-hydrogen) atoms. The Morgan fingerprint density at radius 2 is 1.95 bits per heavy atom. The van der Waals surface area contributed by atoms with E-state index in [0.717, 1.165) is 12.1 Å². The normalized spacial score (nSPS) is 10.7. The van der Waals surface area contributed by atoms with Crippen molar-refractivity contribution in [2.24, 2.45) is 0 Å². The van der Waals surface area contributed by atoms with Crippen molar-refractivity contribution in [3.05, 3.63) is 59.2 Å². The number of rotatable bonds is 2. The summed E-state index contributed by atoms with van der Waals surface area (Å²) in [7, 11) is 0. The number of nitrogens with two attached hydrogens (primary N) is 1.